The van der Waals surface area contributed by atoms with Crippen LogP contribution in [0.4, 0.5) is 0 Å². The highest BCUT2D eigenvalue weighted by Crippen LogP contribution is 1.88. The van der Waals surface area contributed by atoms with Gasteiger partial charge >= 0.3 is 0 Å². The number of H-pyrrole nitrogens is 1. The van der Waals surface area contributed by atoms with Gasteiger partial charge in [0.1, 0.15) is 0 Å². The summed E-state index contributed by atoms with van der Waals surface area (Å²) < 4.78 is 0. The molecule has 0 atom stereocenters. The molecule has 1 aromatic rings. The van der Waals surface area contributed by atoms with E-state index in [1.807, 2.05) is 6.21 Å². The van der Waals surface area contributed by atoms with Crippen molar-refractivity contribution >= 4 is 6.21 Å². The van der Waals surface area contributed by atoms with Gasteiger partial charge in [0.2, 0.25) is 0 Å². The van der Waals surface area contributed by atoms with Crippen LogP contribution in [0.1, 0.15) is 5.69 Å². The third-order valence-electron chi connectivity index (χ3n) is 1.05. The average molecular weight is 123 g/mol. The summed E-state index contributed by atoms with van der Waals surface area (Å²) >= 11 is 0. The molecule has 0 spiro atoms. The van der Waals surface area contributed by atoms with Gasteiger partial charge in [0.15, 0.2) is 0 Å². The Kier molecular flexibility index (Phi) is 2.01. The standard InChI is InChI=1S/C6H9N3/c1-7-3-2-6-4-8-5-9-6/h3-5H,2H2,1H3,(H,8,9). The van der Waals surface area contributed by atoms with Gasteiger partial charge in [-0.15, -0.1) is 0 Å². The number of imidazole rings is 1. The summed E-state index contributed by atoms with van der Waals surface area (Å²) in [6.07, 6.45) is 6.14. The van der Waals surface area contributed by atoms with Crippen LogP contribution in [-0.4, -0.2) is 23.2 Å². The van der Waals surface area contributed by atoms with E-state index in [4.69, 9.17) is 0 Å². The lowest BCUT2D eigenvalue weighted by atomic mass is 10.4. The predicted molar refractivity (Wildman–Crippen MR) is 36.7 cm³/mol. The maximum atomic E-state index is 3.86. The maximum absolute atomic E-state index is 3.86. The van der Waals surface area contributed by atoms with Crippen molar-refractivity contribution in [3.8, 4) is 0 Å². The van der Waals surface area contributed by atoms with E-state index in [9.17, 15) is 0 Å². The number of aliphatic imine (C=N–C) groups is 1. The first-order valence-corrected chi connectivity index (χ1v) is 2.81. The van der Waals surface area contributed by atoms with E-state index in [2.05, 4.69) is 15.0 Å². The molecule has 1 heterocycles. The fourth-order valence-corrected chi connectivity index (χ4v) is 0.586. The zero-order chi connectivity index (χ0) is 6.53. The van der Waals surface area contributed by atoms with Crippen LogP contribution in [-0.2, 0) is 6.42 Å². The molecule has 0 aliphatic heterocycles. The fourth-order valence-electron chi connectivity index (χ4n) is 0.586. The van der Waals surface area contributed by atoms with E-state index in [-0.39, 0.29) is 0 Å². The second-order valence-electron chi connectivity index (χ2n) is 1.72. The first-order valence-electron chi connectivity index (χ1n) is 2.81. The molecule has 0 radical (unpaired) electrons. The van der Waals surface area contributed by atoms with Gasteiger partial charge < -0.3 is 9.98 Å². The molecule has 0 amide bonds. The number of nitrogens with zero attached hydrogens (tertiary/aromatic N) is 2. The zero-order valence-electron chi connectivity index (χ0n) is 5.33. The molecule has 3 nitrogen and oxygen atoms in total. The lowest BCUT2D eigenvalue weighted by Crippen LogP contribution is -1.83. The molecular weight excluding hydrogens is 114 g/mol. The minimum absolute atomic E-state index is 0.844. The van der Waals surface area contributed by atoms with E-state index in [1.54, 1.807) is 19.6 Å². The van der Waals surface area contributed by atoms with Gasteiger partial charge in [-0.25, -0.2) is 4.98 Å². The summed E-state index contributed by atoms with van der Waals surface area (Å²) in [6, 6.07) is 0. The van der Waals surface area contributed by atoms with Gasteiger partial charge in [-0.05, 0) is 0 Å². The van der Waals surface area contributed by atoms with Crippen LogP contribution in [0.2, 0.25) is 0 Å². The minimum atomic E-state index is 0.844. The van der Waals surface area contributed by atoms with Crippen molar-refractivity contribution < 1.29 is 0 Å². The van der Waals surface area contributed by atoms with E-state index in [1.165, 1.54) is 0 Å². The van der Waals surface area contributed by atoms with Crippen molar-refractivity contribution in [1.82, 2.24) is 9.97 Å². The number of aromatic amines is 1. The minimum Gasteiger partial charge on any atom is -0.348 e. The molecule has 9 heavy (non-hydrogen) atoms. The molecule has 1 N–H and O–H groups in total. The first-order chi connectivity index (χ1) is 4.43. The lowest BCUT2D eigenvalue weighted by molar-refractivity contribution is 1.19. The molecule has 48 valence electrons. The molecule has 0 bridgehead atoms. The number of rotatable bonds is 2. The van der Waals surface area contributed by atoms with Crippen LogP contribution in [0.15, 0.2) is 17.5 Å². The first kappa shape index (κ1) is 6.01. The zero-order valence-corrected chi connectivity index (χ0v) is 5.33. The molecule has 0 saturated heterocycles. The number of aromatic nitrogens is 2. The number of hydrogen-bond donors (Lipinski definition) is 1. The Hall–Kier alpha value is -1.12. The van der Waals surface area contributed by atoms with E-state index in [0.29, 0.717) is 0 Å². The van der Waals surface area contributed by atoms with Crippen LogP contribution in [0.5, 0.6) is 0 Å². The summed E-state index contributed by atoms with van der Waals surface area (Å²) in [5, 5.41) is 0. The van der Waals surface area contributed by atoms with Crippen molar-refractivity contribution in [2.75, 3.05) is 7.05 Å². The molecule has 0 aliphatic carbocycles. The monoisotopic (exact) mass is 123 g/mol. The van der Waals surface area contributed by atoms with E-state index < -0.39 is 0 Å². The maximum Gasteiger partial charge on any atom is 0.0921 e. The van der Waals surface area contributed by atoms with Crippen molar-refractivity contribution in [3.05, 3.63) is 18.2 Å². The second-order valence-corrected chi connectivity index (χ2v) is 1.72. The highest BCUT2D eigenvalue weighted by Gasteiger charge is 1.86. The van der Waals surface area contributed by atoms with Gasteiger partial charge in [0.25, 0.3) is 0 Å². The summed E-state index contributed by atoms with van der Waals surface area (Å²) in [4.78, 5) is 10.7. The van der Waals surface area contributed by atoms with Crippen LogP contribution in [0.3, 0.4) is 0 Å². The SMILES string of the molecule is CN=CCc1cnc[nH]1. The molecule has 0 aliphatic rings. The Balaban J connectivity index is 2.48. The van der Waals surface area contributed by atoms with Gasteiger partial charge in [0, 0.05) is 31.6 Å². The van der Waals surface area contributed by atoms with Crippen molar-refractivity contribution in [2.45, 2.75) is 6.42 Å². The number of nitrogens with one attached hydrogen (secondary N) is 1. The quantitative estimate of drug-likeness (QED) is 0.576. The van der Waals surface area contributed by atoms with Crippen LogP contribution in [0.25, 0.3) is 0 Å². The third-order valence-corrected chi connectivity index (χ3v) is 1.05. The highest BCUT2D eigenvalue weighted by atomic mass is 14.9. The second kappa shape index (κ2) is 3.02. The van der Waals surface area contributed by atoms with Crippen molar-refractivity contribution in [1.29, 1.82) is 0 Å². The normalized spacial score (nSPS) is 10.8. The Labute approximate surface area is 53.9 Å². The van der Waals surface area contributed by atoms with Gasteiger partial charge in [0.05, 0.1) is 6.33 Å². The topological polar surface area (TPSA) is 41.0 Å². The predicted octanol–water partition coefficient (Wildman–Crippen LogP) is 0.653. The molecule has 1 rings (SSSR count). The Morgan fingerprint density at radius 3 is 3.33 bits per heavy atom. The smallest absolute Gasteiger partial charge is 0.0921 e. The van der Waals surface area contributed by atoms with Crippen molar-refractivity contribution in [3.63, 3.8) is 0 Å². The lowest BCUT2D eigenvalue weighted by Gasteiger charge is -1.83. The Morgan fingerprint density at radius 2 is 2.78 bits per heavy atom. The van der Waals surface area contributed by atoms with Crippen LogP contribution >= 0.6 is 0 Å². The van der Waals surface area contributed by atoms with Crippen LogP contribution < -0.4 is 0 Å². The van der Waals surface area contributed by atoms with E-state index >= 15 is 0 Å². The molecule has 0 saturated carbocycles. The average Bonchev–Trinajstić information content (AvgIpc) is 2.34. The largest absolute Gasteiger partial charge is 0.348 e. The summed E-state index contributed by atoms with van der Waals surface area (Å²) in [5.74, 6) is 0. The number of hydrogen-bond acceptors (Lipinski definition) is 2. The third kappa shape index (κ3) is 1.68. The summed E-state index contributed by atoms with van der Waals surface area (Å²) in [5.41, 5.74) is 1.10. The Bertz CT molecular complexity index is 176. The van der Waals surface area contributed by atoms with Gasteiger partial charge in [-0.1, -0.05) is 0 Å². The molecule has 0 fully saturated rings. The van der Waals surface area contributed by atoms with Gasteiger partial charge in [-0.2, -0.15) is 0 Å². The summed E-state index contributed by atoms with van der Waals surface area (Å²) in [7, 11) is 1.76. The molecule has 3 heteroatoms. The molecule has 0 unspecified atom stereocenters. The van der Waals surface area contributed by atoms with Gasteiger partial charge in [-0.3, -0.25) is 0 Å². The fraction of sp³-hybridized carbons (Fsp3) is 0.333. The highest BCUT2D eigenvalue weighted by molar-refractivity contribution is 5.59. The van der Waals surface area contributed by atoms with Crippen LogP contribution in [0, 0.1) is 0 Å². The van der Waals surface area contributed by atoms with E-state index in [0.717, 1.165) is 12.1 Å². The summed E-state index contributed by atoms with van der Waals surface area (Å²) in [6.45, 7) is 0. The Morgan fingerprint density at radius 1 is 1.89 bits per heavy atom. The van der Waals surface area contributed by atoms with Crippen molar-refractivity contribution in [2.24, 2.45) is 4.99 Å². The molecule has 0 aromatic carbocycles. The molecular formula is C6H9N3. The molecule has 1 aromatic heterocycles.